The van der Waals surface area contributed by atoms with E-state index >= 15 is 0 Å². The second-order valence-corrected chi connectivity index (χ2v) is 9.92. The monoisotopic (exact) mass is 513 g/mol. The Morgan fingerprint density at radius 2 is 1.82 bits per heavy atom. The SMILES string of the molecule is COc1ccc2cc(C3CCN(C[C@H](O)COc4cccc5oc(-c6nnc(C)o6)cc45)CC3)ccc2c1. The minimum absolute atomic E-state index is 0.202. The number of fused-ring (bicyclic) bond motifs is 2. The molecule has 0 unspecified atom stereocenters. The molecule has 8 nitrogen and oxygen atoms in total. The minimum atomic E-state index is -0.595. The summed E-state index contributed by atoms with van der Waals surface area (Å²) in [6, 6.07) is 20.4. The van der Waals surface area contributed by atoms with Crippen LogP contribution in [0.2, 0.25) is 0 Å². The highest BCUT2D eigenvalue weighted by molar-refractivity contribution is 5.87. The lowest BCUT2D eigenvalue weighted by molar-refractivity contribution is 0.0599. The maximum absolute atomic E-state index is 10.7. The van der Waals surface area contributed by atoms with Crippen LogP contribution < -0.4 is 9.47 Å². The van der Waals surface area contributed by atoms with Gasteiger partial charge in [-0.15, -0.1) is 10.2 Å². The molecule has 1 aliphatic heterocycles. The number of hydrogen-bond donors (Lipinski definition) is 1. The Balaban J connectivity index is 1.03. The molecule has 196 valence electrons. The van der Waals surface area contributed by atoms with Gasteiger partial charge in [-0.05, 0) is 72.5 Å². The summed E-state index contributed by atoms with van der Waals surface area (Å²) in [6.07, 6.45) is 1.55. The standard InChI is InChI=1S/C30H31N3O5/c1-19-31-32-30(37-19)29-16-26-27(4-3-5-28(26)38-29)36-18-24(34)17-33-12-10-20(11-13-33)21-6-7-23-15-25(35-2)9-8-22(23)14-21/h3-9,14-16,20,24,34H,10-13,17-18H2,1-2H3/t24-/m0/s1. The summed E-state index contributed by atoms with van der Waals surface area (Å²) in [5.41, 5.74) is 2.05. The van der Waals surface area contributed by atoms with E-state index in [9.17, 15) is 5.11 Å². The first-order valence-corrected chi connectivity index (χ1v) is 13.0. The smallest absolute Gasteiger partial charge is 0.283 e. The van der Waals surface area contributed by atoms with Gasteiger partial charge in [0.05, 0.1) is 12.5 Å². The number of furan rings is 1. The number of piperidine rings is 1. The molecule has 1 atom stereocenters. The van der Waals surface area contributed by atoms with Gasteiger partial charge in [-0.3, -0.25) is 0 Å². The summed E-state index contributed by atoms with van der Waals surface area (Å²) in [7, 11) is 1.70. The minimum Gasteiger partial charge on any atom is -0.497 e. The van der Waals surface area contributed by atoms with Gasteiger partial charge in [0.2, 0.25) is 5.89 Å². The van der Waals surface area contributed by atoms with Crippen LogP contribution in [0.3, 0.4) is 0 Å². The van der Waals surface area contributed by atoms with E-state index in [0.29, 0.717) is 41.3 Å². The van der Waals surface area contributed by atoms with Crippen molar-refractivity contribution < 1.29 is 23.4 Å². The third kappa shape index (κ3) is 5.10. The highest BCUT2D eigenvalue weighted by Gasteiger charge is 2.23. The van der Waals surface area contributed by atoms with Crippen LogP contribution in [0.5, 0.6) is 11.5 Å². The van der Waals surface area contributed by atoms with Gasteiger partial charge in [0, 0.05) is 19.5 Å². The third-order valence-corrected chi connectivity index (χ3v) is 7.29. The van der Waals surface area contributed by atoms with Crippen molar-refractivity contribution in [3.8, 4) is 23.1 Å². The number of benzene rings is 3. The van der Waals surface area contributed by atoms with E-state index in [1.54, 1.807) is 14.0 Å². The fraction of sp³-hybridized carbons (Fsp3) is 0.333. The van der Waals surface area contributed by atoms with Gasteiger partial charge in [-0.1, -0.05) is 30.3 Å². The molecule has 1 aliphatic rings. The number of nitrogens with zero attached hydrogens (tertiary/aromatic N) is 3. The van der Waals surface area contributed by atoms with Gasteiger partial charge >= 0.3 is 0 Å². The van der Waals surface area contributed by atoms with Crippen molar-refractivity contribution in [2.75, 3.05) is 33.4 Å². The van der Waals surface area contributed by atoms with Crippen molar-refractivity contribution in [3.05, 3.63) is 72.1 Å². The number of hydrogen-bond acceptors (Lipinski definition) is 8. The van der Waals surface area contributed by atoms with Gasteiger partial charge in [0.15, 0.2) is 5.76 Å². The Kier molecular flexibility index (Phi) is 6.74. The van der Waals surface area contributed by atoms with Crippen molar-refractivity contribution in [2.24, 2.45) is 0 Å². The molecule has 0 amide bonds. The van der Waals surface area contributed by atoms with Gasteiger partial charge in [-0.25, -0.2) is 0 Å². The third-order valence-electron chi connectivity index (χ3n) is 7.29. The predicted molar refractivity (Wildman–Crippen MR) is 145 cm³/mol. The Hall–Kier alpha value is -3.88. The zero-order valence-corrected chi connectivity index (χ0v) is 21.6. The van der Waals surface area contributed by atoms with Crippen molar-refractivity contribution in [1.82, 2.24) is 15.1 Å². The fourth-order valence-electron chi connectivity index (χ4n) is 5.27. The molecule has 5 aromatic rings. The molecule has 0 saturated carbocycles. The van der Waals surface area contributed by atoms with Gasteiger partial charge in [0.25, 0.3) is 5.89 Å². The summed E-state index contributed by atoms with van der Waals surface area (Å²) in [5, 5.41) is 21.9. The van der Waals surface area contributed by atoms with E-state index in [-0.39, 0.29) is 6.61 Å². The molecular formula is C30H31N3O5. The Bertz CT molecular complexity index is 1550. The molecule has 1 saturated heterocycles. The Morgan fingerprint density at radius 1 is 1.00 bits per heavy atom. The molecule has 1 N–H and O–H groups in total. The van der Waals surface area contributed by atoms with E-state index in [1.807, 2.05) is 30.3 Å². The molecule has 0 radical (unpaired) electrons. The summed E-state index contributed by atoms with van der Waals surface area (Å²) < 4.78 is 22.7. The van der Waals surface area contributed by atoms with Crippen LogP contribution in [0.15, 0.2) is 69.5 Å². The number of β-amino-alcohol motifs (C(OH)–C–C–N with tert-alkyl or cyclic N) is 1. The first-order chi connectivity index (χ1) is 18.6. The molecule has 0 bridgehead atoms. The normalized spacial score (nSPS) is 15.8. The average Bonchev–Trinajstić information content (AvgIpc) is 3.58. The van der Waals surface area contributed by atoms with Crippen molar-refractivity contribution in [3.63, 3.8) is 0 Å². The van der Waals surface area contributed by atoms with Crippen LogP contribution in [0.4, 0.5) is 0 Å². The van der Waals surface area contributed by atoms with E-state index in [1.165, 1.54) is 16.3 Å². The largest absolute Gasteiger partial charge is 0.497 e. The molecule has 3 heterocycles. The number of rotatable bonds is 8. The number of likely N-dealkylation sites (tertiary alicyclic amines) is 1. The maximum Gasteiger partial charge on any atom is 0.283 e. The zero-order chi connectivity index (χ0) is 26.1. The summed E-state index contributed by atoms with van der Waals surface area (Å²) in [5.74, 6) is 3.36. The van der Waals surface area contributed by atoms with E-state index in [0.717, 1.165) is 37.1 Å². The number of methoxy groups -OCH3 is 1. The van der Waals surface area contributed by atoms with Crippen LogP contribution >= 0.6 is 0 Å². The summed E-state index contributed by atoms with van der Waals surface area (Å²) in [4.78, 5) is 2.32. The summed E-state index contributed by atoms with van der Waals surface area (Å²) in [6.45, 7) is 4.42. The van der Waals surface area contributed by atoms with E-state index in [4.69, 9.17) is 18.3 Å². The lowest BCUT2D eigenvalue weighted by atomic mass is 9.88. The van der Waals surface area contributed by atoms with Crippen molar-refractivity contribution in [2.45, 2.75) is 31.8 Å². The topological polar surface area (TPSA) is 94.0 Å². The highest BCUT2D eigenvalue weighted by atomic mass is 16.5. The van der Waals surface area contributed by atoms with Crippen LogP contribution in [0.1, 0.15) is 30.2 Å². The van der Waals surface area contributed by atoms with Crippen LogP contribution in [-0.2, 0) is 0 Å². The number of aliphatic hydroxyl groups excluding tert-OH is 1. The molecule has 1 fully saturated rings. The second-order valence-electron chi connectivity index (χ2n) is 9.92. The molecule has 38 heavy (non-hydrogen) atoms. The predicted octanol–water partition coefficient (Wildman–Crippen LogP) is 5.57. The fourth-order valence-corrected chi connectivity index (χ4v) is 5.27. The molecule has 0 aliphatic carbocycles. The van der Waals surface area contributed by atoms with Gasteiger partial charge in [-0.2, -0.15) is 0 Å². The van der Waals surface area contributed by atoms with Crippen LogP contribution in [0.25, 0.3) is 33.4 Å². The quantitative estimate of drug-likeness (QED) is 0.288. The van der Waals surface area contributed by atoms with Gasteiger partial charge < -0.3 is 28.3 Å². The maximum atomic E-state index is 10.7. The van der Waals surface area contributed by atoms with Crippen molar-refractivity contribution in [1.29, 1.82) is 0 Å². The number of aryl methyl sites for hydroxylation is 1. The Labute approximate surface area is 220 Å². The first kappa shape index (κ1) is 24.5. The zero-order valence-electron chi connectivity index (χ0n) is 21.6. The molecule has 3 aromatic carbocycles. The summed E-state index contributed by atoms with van der Waals surface area (Å²) >= 11 is 0. The molecule has 8 heteroatoms. The second kappa shape index (κ2) is 10.5. The number of ether oxygens (including phenoxy) is 2. The van der Waals surface area contributed by atoms with Crippen LogP contribution in [0, 0.1) is 6.92 Å². The number of aliphatic hydroxyl groups is 1. The van der Waals surface area contributed by atoms with Crippen molar-refractivity contribution >= 4 is 21.7 Å². The highest BCUT2D eigenvalue weighted by Crippen LogP contribution is 2.34. The molecule has 2 aromatic heterocycles. The lowest BCUT2D eigenvalue weighted by Gasteiger charge is -2.33. The Morgan fingerprint density at radius 3 is 2.61 bits per heavy atom. The molecule has 0 spiro atoms. The first-order valence-electron chi connectivity index (χ1n) is 13.0. The van der Waals surface area contributed by atoms with Crippen LogP contribution in [-0.4, -0.2) is 59.7 Å². The van der Waals surface area contributed by atoms with E-state index < -0.39 is 6.10 Å². The molecular weight excluding hydrogens is 482 g/mol. The van der Waals surface area contributed by atoms with E-state index in [2.05, 4.69) is 45.4 Å². The van der Waals surface area contributed by atoms with Gasteiger partial charge in [0.1, 0.15) is 29.8 Å². The number of aromatic nitrogens is 2. The average molecular weight is 514 g/mol. The lowest BCUT2D eigenvalue weighted by Crippen LogP contribution is -2.40. The molecule has 6 rings (SSSR count).